The lowest BCUT2D eigenvalue weighted by molar-refractivity contribution is -0.117. The standard InChI is InChI=1S/C8H11N3O2/c1-3-4-10-6-9-11(8(10)13)5-7(2)12/h3-4,6H,5H2,1-2H3/b4-3+. The fraction of sp³-hybridized carbons (Fsp3) is 0.375. The molecule has 1 heterocycles. The van der Waals surface area contributed by atoms with Crippen molar-refractivity contribution < 1.29 is 4.79 Å². The first kappa shape index (κ1) is 9.44. The largest absolute Gasteiger partial charge is 0.350 e. The van der Waals surface area contributed by atoms with Gasteiger partial charge in [-0.05, 0) is 13.8 Å². The average Bonchev–Trinajstić information content (AvgIpc) is 2.36. The summed E-state index contributed by atoms with van der Waals surface area (Å²) in [5, 5.41) is 3.77. The summed E-state index contributed by atoms with van der Waals surface area (Å²) < 4.78 is 2.45. The summed E-state index contributed by atoms with van der Waals surface area (Å²) in [6.45, 7) is 3.25. The number of carbonyl (C=O) groups is 1. The van der Waals surface area contributed by atoms with E-state index in [1.165, 1.54) is 17.8 Å². The molecule has 0 N–H and O–H groups in total. The Labute approximate surface area is 75.3 Å². The van der Waals surface area contributed by atoms with Crippen molar-refractivity contribution in [3.05, 3.63) is 22.9 Å². The van der Waals surface area contributed by atoms with Gasteiger partial charge in [0.2, 0.25) is 0 Å². The van der Waals surface area contributed by atoms with Gasteiger partial charge in [-0.1, -0.05) is 6.08 Å². The molecule has 0 spiro atoms. The normalized spacial score (nSPS) is 10.9. The molecule has 0 fully saturated rings. The van der Waals surface area contributed by atoms with Gasteiger partial charge in [-0.2, -0.15) is 5.10 Å². The maximum Gasteiger partial charge on any atom is 0.350 e. The van der Waals surface area contributed by atoms with Gasteiger partial charge in [0.25, 0.3) is 0 Å². The predicted molar refractivity (Wildman–Crippen MR) is 48.2 cm³/mol. The quantitative estimate of drug-likeness (QED) is 0.665. The Hall–Kier alpha value is -1.65. The highest BCUT2D eigenvalue weighted by Crippen LogP contribution is 1.82. The summed E-state index contributed by atoms with van der Waals surface area (Å²) in [6, 6.07) is 0. The van der Waals surface area contributed by atoms with Crippen molar-refractivity contribution in [2.24, 2.45) is 0 Å². The van der Waals surface area contributed by atoms with Crippen LogP contribution in [0.4, 0.5) is 0 Å². The van der Waals surface area contributed by atoms with Gasteiger partial charge in [0, 0.05) is 6.20 Å². The highest BCUT2D eigenvalue weighted by atomic mass is 16.2. The number of Topliss-reactive ketones (excluding diaryl/α,β-unsaturated/α-hetero) is 1. The number of hydrogen-bond acceptors (Lipinski definition) is 3. The third-order valence-electron chi connectivity index (χ3n) is 1.44. The molecule has 0 bridgehead atoms. The summed E-state index contributed by atoms with van der Waals surface area (Å²) in [5.41, 5.74) is -0.298. The minimum atomic E-state index is -0.298. The molecule has 5 nitrogen and oxygen atoms in total. The van der Waals surface area contributed by atoms with Crippen LogP contribution in [0.25, 0.3) is 6.20 Å². The third-order valence-corrected chi connectivity index (χ3v) is 1.44. The molecule has 0 aliphatic carbocycles. The van der Waals surface area contributed by atoms with E-state index in [1.807, 2.05) is 0 Å². The number of allylic oxidation sites excluding steroid dienone is 1. The van der Waals surface area contributed by atoms with Crippen LogP contribution in [0, 0.1) is 0 Å². The summed E-state index contributed by atoms with van der Waals surface area (Å²) in [4.78, 5) is 22.1. The van der Waals surface area contributed by atoms with Gasteiger partial charge in [-0.25, -0.2) is 9.48 Å². The number of hydrogen-bond donors (Lipinski definition) is 0. The van der Waals surface area contributed by atoms with E-state index in [-0.39, 0.29) is 18.0 Å². The van der Waals surface area contributed by atoms with Gasteiger partial charge in [0.15, 0.2) is 5.78 Å². The molecule has 1 aromatic rings. The Bertz CT molecular complexity index is 386. The summed E-state index contributed by atoms with van der Waals surface area (Å²) in [6.07, 6.45) is 4.69. The fourth-order valence-corrected chi connectivity index (χ4v) is 0.932. The molecule has 0 saturated heterocycles. The zero-order valence-electron chi connectivity index (χ0n) is 7.60. The predicted octanol–water partition coefficient (Wildman–Crippen LogP) is 0.124. The van der Waals surface area contributed by atoms with Crippen LogP contribution in [-0.4, -0.2) is 20.1 Å². The second-order valence-electron chi connectivity index (χ2n) is 2.66. The molecule has 0 atom stereocenters. The monoisotopic (exact) mass is 181 g/mol. The summed E-state index contributed by atoms with van der Waals surface area (Å²) >= 11 is 0. The van der Waals surface area contributed by atoms with E-state index in [2.05, 4.69) is 5.10 Å². The lowest BCUT2D eigenvalue weighted by Gasteiger charge is -1.92. The number of nitrogens with zero attached hydrogens (tertiary/aromatic N) is 3. The minimum Gasteiger partial charge on any atom is -0.298 e. The molecular formula is C8H11N3O2. The zero-order valence-corrected chi connectivity index (χ0v) is 7.60. The number of rotatable bonds is 3. The molecule has 0 aliphatic heterocycles. The highest BCUT2D eigenvalue weighted by Gasteiger charge is 2.03. The lowest BCUT2D eigenvalue weighted by atomic mass is 10.5. The van der Waals surface area contributed by atoms with Crippen LogP contribution >= 0.6 is 0 Å². The Balaban J connectivity index is 3.00. The molecule has 5 heteroatoms. The Morgan fingerprint density at radius 3 is 2.92 bits per heavy atom. The van der Waals surface area contributed by atoms with Crippen molar-refractivity contribution in [3.63, 3.8) is 0 Å². The van der Waals surface area contributed by atoms with E-state index in [9.17, 15) is 9.59 Å². The zero-order chi connectivity index (χ0) is 9.84. The summed E-state index contributed by atoms with van der Waals surface area (Å²) in [7, 11) is 0. The topological polar surface area (TPSA) is 56.9 Å². The van der Waals surface area contributed by atoms with Crippen LogP contribution in [0.5, 0.6) is 0 Å². The van der Waals surface area contributed by atoms with Crippen LogP contribution in [0.15, 0.2) is 17.2 Å². The van der Waals surface area contributed by atoms with E-state index in [1.54, 1.807) is 19.2 Å². The van der Waals surface area contributed by atoms with E-state index >= 15 is 0 Å². The van der Waals surface area contributed by atoms with Crippen LogP contribution in [0.3, 0.4) is 0 Å². The van der Waals surface area contributed by atoms with E-state index < -0.39 is 0 Å². The molecule has 0 amide bonds. The highest BCUT2D eigenvalue weighted by molar-refractivity contribution is 5.75. The van der Waals surface area contributed by atoms with Gasteiger partial charge >= 0.3 is 5.69 Å². The second kappa shape index (κ2) is 3.84. The Morgan fingerprint density at radius 2 is 2.38 bits per heavy atom. The number of aromatic nitrogens is 3. The van der Waals surface area contributed by atoms with Crippen molar-refractivity contribution in [3.8, 4) is 0 Å². The molecule has 13 heavy (non-hydrogen) atoms. The third kappa shape index (κ3) is 2.14. The van der Waals surface area contributed by atoms with Gasteiger partial charge in [-0.3, -0.25) is 9.36 Å². The minimum absolute atomic E-state index is 0.0311. The maximum atomic E-state index is 11.4. The smallest absolute Gasteiger partial charge is 0.298 e. The van der Waals surface area contributed by atoms with Gasteiger partial charge < -0.3 is 0 Å². The maximum absolute atomic E-state index is 11.4. The lowest BCUT2D eigenvalue weighted by Crippen LogP contribution is -2.25. The first-order chi connectivity index (χ1) is 6.15. The van der Waals surface area contributed by atoms with Crippen LogP contribution in [0.2, 0.25) is 0 Å². The Kier molecular flexibility index (Phi) is 2.79. The molecule has 0 aromatic carbocycles. The van der Waals surface area contributed by atoms with E-state index in [4.69, 9.17) is 0 Å². The fourth-order valence-electron chi connectivity index (χ4n) is 0.932. The van der Waals surface area contributed by atoms with Crippen molar-refractivity contribution in [1.29, 1.82) is 0 Å². The van der Waals surface area contributed by atoms with Crippen molar-refractivity contribution in [2.45, 2.75) is 20.4 Å². The number of carbonyl (C=O) groups excluding carboxylic acids is 1. The Morgan fingerprint density at radius 1 is 1.69 bits per heavy atom. The van der Waals surface area contributed by atoms with E-state index in [0.717, 1.165) is 4.68 Å². The van der Waals surface area contributed by atoms with Crippen molar-refractivity contribution in [2.75, 3.05) is 0 Å². The molecule has 0 aliphatic rings. The van der Waals surface area contributed by atoms with Crippen LogP contribution < -0.4 is 5.69 Å². The summed E-state index contributed by atoms with van der Waals surface area (Å²) in [5.74, 6) is -0.0900. The molecule has 0 unspecified atom stereocenters. The molecule has 0 saturated carbocycles. The van der Waals surface area contributed by atoms with Crippen molar-refractivity contribution in [1.82, 2.24) is 14.3 Å². The SMILES string of the molecule is C/C=C/n1cnn(CC(C)=O)c1=O. The average molecular weight is 181 g/mol. The van der Waals surface area contributed by atoms with Crippen LogP contribution in [-0.2, 0) is 11.3 Å². The molecule has 70 valence electrons. The van der Waals surface area contributed by atoms with E-state index in [0.29, 0.717) is 0 Å². The molecule has 1 aromatic heterocycles. The first-order valence-corrected chi connectivity index (χ1v) is 3.91. The molecular weight excluding hydrogens is 170 g/mol. The second-order valence-corrected chi connectivity index (χ2v) is 2.66. The van der Waals surface area contributed by atoms with Crippen molar-refractivity contribution >= 4 is 12.0 Å². The number of ketones is 1. The first-order valence-electron chi connectivity index (χ1n) is 3.91. The van der Waals surface area contributed by atoms with Gasteiger partial charge in [0.1, 0.15) is 12.9 Å². The molecule has 0 radical (unpaired) electrons. The van der Waals surface area contributed by atoms with Gasteiger partial charge in [-0.15, -0.1) is 0 Å². The van der Waals surface area contributed by atoms with Gasteiger partial charge in [0.05, 0.1) is 0 Å². The van der Waals surface area contributed by atoms with Crippen LogP contribution in [0.1, 0.15) is 13.8 Å². The molecule has 1 rings (SSSR count).